The molecule has 2 unspecified atom stereocenters. The molecule has 92 valence electrons. The van der Waals surface area contributed by atoms with Gasteiger partial charge in [0.15, 0.2) is 0 Å². The first kappa shape index (κ1) is 11.0. The Balaban J connectivity index is 1.89. The van der Waals surface area contributed by atoms with Crippen LogP contribution in [-0.4, -0.2) is 33.4 Å². The summed E-state index contributed by atoms with van der Waals surface area (Å²) in [6.07, 6.45) is 3.84. The number of fused-ring (bicyclic) bond motifs is 2. The Morgan fingerprint density at radius 2 is 1.94 bits per heavy atom. The van der Waals surface area contributed by atoms with Crippen LogP contribution in [0.4, 0.5) is 5.82 Å². The fourth-order valence-electron chi connectivity index (χ4n) is 3.22. The number of aliphatic hydroxyl groups excluding tert-OH is 2. The van der Waals surface area contributed by atoms with Crippen LogP contribution >= 0.6 is 0 Å². The van der Waals surface area contributed by atoms with E-state index in [1.165, 1.54) is 0 Å². The van der Waals surface area contributed by atoms with Crippen LogP contribution in [0.25, 0.3) is 0 Å². The van der Waals surface area contributed by atoms with Gasteiger partial charge in [0.05, 0.1) is 18.4 Å². The average molecular weight is 234 g/mol. The van der Waals surface area contributed by atoms with E-state index in [1.54, 1.807) is 0 Å². The van der Waals surface area contributed by atoms with Crippen LogP contribution in [0.3, 0.4) is 0 Å². The van der Waals surface area contributed by atoms with Crippen molar-refractivity contribution < 1.29 is 10.2 Å². The molecule has 2 N–H and O–H groups in total. The molecule has 3 rings (SSSR count). The molecule has 2 bridgehead atoms. The van der Waals surface area contributed by atoms with E-state index in [0.29, 0.717) is 17.8 Å². The van der Waals surface area contributed by atoms with Gasteiger partial charge < -0.3 is 15.1 Å². The second kappa shape index (κ2) is 4.27. The molecule has 0 radical (unpaired) electrons. The van der Waals surface area contributed by atoms with Gasteiger partial charge in [-0.3, -0.25) is 0 Å². The van der Waals surface area contributed by atoms with Crippen molar-refractivity contribution in [2.45, 2.75) is 50.5 Å². The van der Waals surface area contributed by atoms with E-state index in [1.807, 2.05) is 18.2 Å². The zero-order valence-corrected chi connectivity index (χ0v) is 9.79. The molecule has 0 amide bonds. The van der Waals surface area contributed by atoms with Crippen LogP contribution in [0.2, 0.25) is 0 Å². The molecule has 1 aromatic rings. The molecule has 2 fully saturated rings. The Bertz CT molecular complexity index is 396. The zero-order chi connectivity index (χ0) is 11.8. The predicted octanol–water partition coefficient (Wildman–Crippen LogP) is 1.07. The van der Waals surface area contributed by atoms with Gasteiger partial charge in [0.1, 0.15) is 5.82 Å². The molecule has 0 aromatic carbocycles. The number of piperidine rings is 1. The number of anilines is 1. The lowest BCUT2D eigenvalue weighted by Gasteiger charge is -2.38. The summed E-state index contributed by atoms with van der Waals surface area (Å²) in [6.45, 7) is -0.0142. The Morgan fingerprint density at radius 3 is 2.59 bits per heavy atom. The minimum absolute atomic E-state index is 0.0142. The summed E-state index contributed by atoms with van der Waals surface area (Å²) in [7, 11) is 0. The number of hydrogen-bond acceptors (Lipinski definition) is 4. The molecular weight excluding hydrogens is 216 g/mol. The van der Waals surface area contributed by atoms with Crippen LogP contribution in [-0.2, 0) is 6.61 Å². The summed E-state index contributed by atoms with van der Waals surface area (Å²) < 4.78 is 0. The van der Waals surface area contributed by atoms with Crippen molar-refractivity contribution in [2.75, 3.05) is 4.90 Å². The summed E-state index contributed by atoms with van der Waals surface area (Å²) in [5.41, 5.74) is 0.716. The monoisotopic (exact) mass is 234 g/mol. The lowest BCUT2D eigenvalue weighted by atomic mass is 10.00. The maximum absolute atomic E-state index is 9.77. The van der Waals surface area contributed by atoms with E-state index in [9.17, 15) is 5.11 Å². The van der Waals surface area contributed by atoms with E-state index in [4.69, 9.17) is 5.11 Å². The third-order valence-electron chi connectivity index (χ3n) is 3.93. The number of rotatable bonds is 2. The highest BCUT2D eigenvalue weighted by Crippen LogP contribution is 2.38. The highest BCUT2D eigenvalue weighted by atomic mass is 16.3. The maximum Gasteiger partial charge on any atom is 0.129 e. The SMILES string of the molecule is OCc1cccc(N2C3CCC2CC(O)C3)n1. The quantitative estimate of drug-likeness (QED) is 0.803. The van der Waals surface area contributed by atoms with Gasteiger partial charge >= 0.3 is 0 Å². The van der Waals surface area contributed by atoms with Crippen molar-refractivity contribution in [3.8, 4) is 0 Å². The molecule has 1 aromatic heterocycles. The lowest BCUT2D eigenvalue weighted by Crippen LogP contribution is -2.45. The van der Waals surface area contributed by atoms with Gasteiger partial charge in [0.25, 0.3) is 0 Å². The molecule has 2 aliphatic rings. The number of aliphatic hydroxyl groups is 2. The molecule has 0 saturated carbocycles. The van der Waals surface area contributed by atoms with Gasteiger partial charge in [-0.1, -0.05) is 6.07 Å². The molecule has 0 aliphatic carbocycles. The highest BCUT2D eigenvalue weighted by molar-refractivity contribution is 5.44. The van der Waals surface area contributed by atoms with Crippen molar-refractivity contribution in [1.82, 2.24) is 4.98 Å². The smallest absolute Gasteiger partial charge is 0.129 e. The topological polar surface area (TPSA) is 56.6 Å². The van der Waals surface area contributed by atoms with Gasteiger partial charge in [-0.15, -0.1) is 0 Å². The Morgan fingerprint density at radius 1 is 1.24 bits per heavy atom. The molecule has 0 spiro atoms. The Kier molecular flexibility index (Phi) is 2.76. The molecule has 2 saturated heterocycles. The lowest BCUT2D eigenvalue weighted by molar-refractivity contribution is 0.126. The fraction of sp³-hybridized carbons (Fsp3) is 0.615. The third-order valence-corrected chi connectivity index (χ3v) is 3.93. The van der Waals surface area contributed by atoms with E-state index >= 15 is 0 Å². The van der Waals surface area contributed by atoms with Crippen molar-refractivity contribution in [3.63, 3.8) is 0 Å². The van der Waals surface area contributed by atoms with Crippen molar-refractivity contribution in [1.29, 1.82) is 0 Å². The van der Waals surface area contributed by atoms with Gasteiger partial charge in [0.2, 0.25) is 0 Å². The first-order valence-corrected chi connectivity index (χ1v) is 6.31. The summed E-state index contributed by atoms with van der Waals surface area (Å²) in [5.74, 6) is 0.955. The minimum Gasteiger partial charge on any atom is -0.393 e. The largest absolute Gasteiger partial charge is 0.393 e. The van der Waals surface area contributed by atoms with Gasteiger partial charge in [-0.05, 0) is 37.8 Å². The zero-order valence-electron chi connectivity index (χ0n) is 9.79. The van der Waals surface area contributed by atoms with E-state index < -0.39 is 0 Å². The molecule has 17 heavy (non-hydrogen) atoms. The summed E-state index contributed by atoms with van der Waals surface area (Å²) in [6, 6.07) is 6.63. The summed E-state index contributed by atoms with van der Waals surface area (Å²) in [5, 5.41) is 18.9. The van der Waals surface area contributed by atoms with Crippen LogP contribution in [0, 0.1) is 0 Å². The predicted molar refractivity (Wildman–Crippen MR) is 64.7 cm³/mol. The maximum atomic E-state index is 9.77. The second-order valence-corrected chi connectivity index (χ2v) is 5.06. The van der Waals surface area contributed by atoms with Gasteiger partial charge in [-0.2, -0.15) is 0 Å². The van der Waals surface area contributed by atoms with Gasteiger partial charge in [0, 0.05) is 12.1 Å². The molecule has 2 aliphatic heterocycles. The van der Waals surface area contributed by atoms with E-state index in [-0.39, 0.29) is 12.7 Å². The molecule has 4 heteroatoms. The third kappa shape index (κ3) is 1.91. The number of pyridine rings is 1. The standard InChI is InChI=1S/C13H18N2O2/c16-8-9-2-1-3-13(14-9)15-10-4-5-11(15)7-12(17)6-10/h1-3,10-12,16-17H,4-8H2. The number of aromatic nitrogens is 1. The van der Waals surface area contributed by atoms with Crippen LogP contribution in [0.15, 0.2) is 18.2 Å². The van der Waals surface area contributed by atoms with Crippen LogP contribution in [0.5, 0.6) is 0 Å². The Labute approximate surface area is 101 Å². The fourth-order valence-corrected chi connectivity index (χ4v) is 3.22. The molecule has 4 nitrogen and oxygen atoms in total. The van der Waals surface area contributed by atoms with E-state index in [0.717, 1.165) is 31.5 Å². The number of hydrogen-bond donors (Lipinski definition) is 2. The first-order valence-electron chi connectivity index (χ1n) is 6.31. The average Bonchev–Trinajstić information content (AvgIpc) is 2.62. The molecule has 2 atom stereocenters. The summed E-state index contributed by atoms with van der Waals surface area (Å²) in [4.78, 5) is 6.81. The van der Waals surface area contributed by atoms with Crippen molar-refractivity contribution >= 4 is 5.82 Å². The molecular formula is C13H18N2O2. The normalized spacial score (nSPS) is 31.9. The van der Waals surface area contributed by atoms with Crippen LogP contribution in [0.1, 0.15) is 31.4 Å². The van der Waals surface area contributed by atoms with Crippen LogP contribution < -0.4 is 4.90 Å². The minimum atomic E-state index is -0.148. The van der Waals surface area contributed by atoms with E-state index in [2.05, 4.69) is 9.88 Å². The second-order valence-electron chi connectivity index (χ2n) is 5.06. The first-order chi connectivity index (χ1) is 8.28. The summed E-state index contributed by atoms with van der Waals surface area (Å²) >= 11 is 0. The molecule has 3 heterocycles. The Hall–Kier alpha value is -1.13. The number of nitrogens with zero attached hydrogens (tertiary/aromatic N) is 2. The highest BCUT2D eigenvalue weighted by Gasteiger charge is 2.40. The van der Waals surface area contributed by atoms with Gasteiger partial charge in [-0.25, -0.2) is 4.98 Å². The van der Waals surface area contributed by atoms with Crippen molar-refractivity contribution in [3.05, 3.63) is 23.9 Å². The van der Waals surface area contributed by atoms with Crippen molar-refractivity contribution in [2.24, 2.45) is 0 Å².